The van der Waals surface area contributed by atoms with E-state index in [2.05, 4.69) is 24.1 Å². The Labute approximate surface area is 168 Å². The number of nitrogens with one attached hydrogen (secondary N) is 3. The van der Waals surface area contributed by atoms with Gasteiger partial charge in [-0.2, -0.15) is 0 Å². The summed E-state index contributed by atoms with van der Waals surface area (Å²) in [7, 11) is 0. The fourth-order valence-electron chi connectivity index (χ4n) is 3.31. The van der Waals surface area contributed by atoms with E-state index in [0.29, 0.717) is 53.1 Å². The van der Waals surface area contributed by atoms with Gasteiger partial charge in [0.1, 0.15) is 0 Å². The lowest BCUT2D eigenvalue weighted by molar-refractivity contribution is -0.895. The van der Waals surface area contributed by atoms with Crippen molar-refractivity contribution in [3.63, 3.8) is 0 Å². The van der Waals surface area contributed by atoms with Crippen LogP contribution in [0.25, 0.3) is 10.9 Å². The largest absolute Gasteiger partial charge is 0.454 e. The smallest absolute Gasteiger partial charge is 0.262 e. The van der Waals surface area contributed by atoms with E-state index in [1.54, 1.807) is 12.1 Å². The second-order valence-electron chi connectivity index (χ2n) is 6.80. The van der Waals surface area contributed by atoms with Gasteiger partial charge in [0.05, 0.1) is 37.1 Å². The predicted molar refractivity (Wildman–Crippen MR) is 109 cm³/mol. The topological polar surface area (TPSA) is 89.8 Å². The molecular weight excluding hydrogens is 380 g/mol. The van der Waals surface area contributed by atoms with Gasteiger partial charge in [-0.3, -0.25) is 14.2 Å². The summed E-state index contributed by atoms with van der Waals surface area (Å²) in [6, 6.07) is 3.40. The molecule has 0 spiro atoms. The van der Waals surface area contributed by atoms with Crippen molar-refractivity contribution >= 4 is 29.0 Å². The van der Waals surface area contributed by atoms with Crippen LogP contribution in [-0.2, 0) is 11.3 Å². The van der Waals surface area contributed by atoms with E-state index in [9.17, 15) is 9.59 Å². The van der Waals surface area contributed by atoms with Gasteiger partial charge in [-0.1, -0.05) is 0 Å². The van der Waals surface area contributed by atoms with Crippen molar-refractivity contribution in [2.75, 3.05) is 33.0 Å². The lowest BCUT2D eigenvalue weighted by atomic mass is 10.2. The number of ether oxygens (including phenoxy) is 2. The molecule has 2 heterocycles. The van der Waals surface area contributed by atoms with E-state index in [4.69, 9.17) is 21.7 Å². The normalized spacial score (nSPS) is 12.7. The van der Waals surface area contributed by atoms with Crippen molar-refractivity contribution in [3.8, 4) is 11.5 Å². The Morgan fingerprint density at radius 3 is 2.71 bits per heavy atom. The zero-order valence-corrected chi connectivity index (χ0v) is 17.1. The van der Waals surface area contributed by atoms with Gasteiger partial charge >= 0.3 is 0 Å². The Balaban J connectivity index is 1.60. The number of likely N-dealkylation sites (N-methyl/N-ethyl adjacent to an activating group) is 1. The van der Waals surface area contributed by atoms with E-state index in [1.807, 2.05) is 0 Å². The van der Waals surface area contributed by atoms with Crippen molar-refractivity contribution in [3.05, 3.63) is 27.3 Å². The van der Waals surface area contributed by atoms with Gasteiger partial charge in [0.15, 0.2) is 16.3 Å². The number of amides is 1. The predicted octanol–water partition coefficient (Wildman–Crippen LogP) is 0.609. The summed E-state index contributed by atoms with van der Waals surface area (Å²) in [5.74, 6) is 1.15. The molecule has 0 saturated heterocycles. The van der Waals surface area contributed by atoms with Crippen molar-refractivity contribution in [1.82, 2.24) is 14.9 Å². The van der Waals surface area contributed by atoms with Gasteiger partial charge < -0.3 is 24.7 Å². The Morgan fingerprint density at radius 2 is 2.00 bits per heavy atom. The number of benzene rings is 1. The zero-order valence-electron chi connectivity index (χ0n) is 16.3. The quantitative estimate of drug-likeness (QED) is 0.530. The first kappa shape index (κ1) is 20.3. The SMILES string of the molecule is CC[NH+](CC)CCNC(=O)CCCn1c(=S)[nH]c2cc3c(cc2c1=O)OCO3. The molecule has 0 radical (unpaired) electrons. The van der Waals surface area contributed by atoms with E-state index in [1.165, 1.54) is 9.47 Å². The van der Waals surface area contributed by atoms with Crippen LogP contribution in [0.3, 0.4) is 0 Å². The number of hydrogen-bond acceptors (Lipinski definition) is 5. The van der Waals surface area contributed by atoms with Gasteiger partial charge in [0.25, 0.3) is 5.56 Å². The number of hydrogen-bond donors (Lipinski definition) is 3. The number of nitrogens with zero attached hydrogens (tertiary/aromatic N) is 1. The van der Waals surface area contributed by atoms with Gasteiger partial charge in [0, 0.05) is 19.0 Å². The highest BCUT2D eigenvalue weighted by Crippen LogP contribution is 2.34. The molecule has 3 N–H and O–H groups in total. The van der Waals surface area contributed by atoms with E-state index < -0.39 is 0 Å². The molecule has 1 amide bonds. The van der Waals surface area contributed by atoms with Gasteiger partial charge in [-0.05, 0) is 38.6 Å². The number of aromatic amines is 1. The van der Waals surface area contributed by atoms with E-state index >= 15 is 0 Å². The van der Waals surface area contributed by atoms with Crippen LogP contribution >= 0.6 is 12.2 Å². The first-order valence-corrected chi connectivity index (χ1v) is 10.1. The minimum atomic E-state index is -0.192. The standard InChI is InChI=1S/C19H26N4O4S/c1-3-22(4-2)9-7-20-17(24)6-5-8-23-18(25)13-10-15-16(27-12-26-15)11-14(13)21-19(23)28/h10-11H,3-9,12H2,1-2H3,(H,20,24)(H,21,28)/p+1. The average molecular weight is 408 g/mol. The Morgan fingerprint density at radius 1 is 1.29 bits per heavy atom. The van der Waals surface area contributed by atoms with Crippen LogP contribution in [0.2, 0.25) is 0 Å². The Bertz CT molecular complexity index is 965. The second kappa shape index (κ2) is 9.20. The van der Waals surface area contributed by atoms with Crippen LogP contribution in [0, 0.1) is 4.77 Å². The molecule has 1 aromatic heterocycles. The Hall–Kier alpha value is -2.39. The summed E-state index contributed by atoms with van der Waals surface area (Å²) < 4.78 is 12.5. The maximum absolute atomic E-state index is 12.8. The first-order valence-electron chi connectivity index (χ1n) is 9.70. The fourth-order valence-corrected chi connectivity index (χ4v) is 3.60. The summed E-state index contributed by atoms with van der Waals surface area (Å²) in [4.78, 5) is 29.4. The van der Waals surface area contributed by atoms with Crippen LogP contribution in [0.4, 0.5) is 0 Å². The zero-order chi connectivity index (χ0) is 20.1. The minimum Gasteiger partial charge on any atom is -0.454 e. The third kappa shape index (κ3) is 4.53. The number of fused-ring (bicyclic) bond motifs is 2. The number of carbonyl (C=O) groups excluding carboxylic acids is 1. The summed E-state index contributed by atoms with van der Waals surface area (Å²) in [5, 5.41) is 3.43. The van der Waals surface area contributed by atoms with Gasteiger partial charge in [0.2, 0.25) is 12.7 Å². The summed E-state index contributed by atoms with van der Waals surface area (Å²) in [5.41, 5.74) is 0.426. The molecule has 3 rings (SSSR count). The molecule has 0 aliphatic carbocycles. The van der Waals surface area contributed by atoms with Gasteiger partial charge in [-0.15, -0.1) is 0 Å². The molecule has 0 unspecified atom stereocenters. The van der Waals surface area contributed by atoms with Crippen LogP contribution in [0.5, 0.6) is 11.5 Å². The highest BCUT2D eigenvalue weighted by molar-refractivity contribution is 7.71. The molecule has 1 aromatic carbocycles. The highest BCUT2D eigenvalue weighted by atomic mass is 32.1. The molecule has 152 valence electrons. The molecule has 0 fully saturated rings. The molecule has 0 bridgehead atoms. The highest BCUT2D eigenvalue weighted by Gasteiger charge is 2.17. The molecular formula is C19H27N4O4S+. The summed E-state index contributed by atoms with van der Waals surface area (Å²) in [6.07, 6.45) is 0.894. The lowest BCUT2D eigenvalue weighted by Crippen LogP contribution is -3.12. The van der Waals surface area contributed by atoms with Crippen LogP contribution in [0.1, 0.15) is 26.7 Å². The fraction of sp³-hybridized carbons (Fsp3) is 0.526. The third-order valence-corrected chi connectivity index (χ3v) is 5.38. The van der Waals surface area contributed by atoms with E-state index in [-0.39, 0.29) is 18.3 Å². The minimum absolute atomic E-state index is 0.00124. The molecule has 1 aliphatic heterocycles. The molecule has 8 nitrogen and oxygen atoms in total. The van der Waals surface area contributed by atoms with Crippen molar-refractivity contribution in [1.29, 1.82) is 0 Å². The maximum Gasteiger partial charge on any atom is 0.262 e. The number of rotatable bonds is 9. The second-order valence-corrected chi connectivity index (χ2v) is 7.19. The maximum atomic E-state index is 12.8. The average Bonchev–Trinajstić information content (AvgIpc) is 3.14. The number of H-pyrrole nitrogens is 1. The van der Waals surface area contributed by atoms with Crippen molar-refractivity contribution in [2.24, 2.45) is 0 Å². The number of quaternary nitrogens is 1. The third-order valence-electron chi connectivity index (χ3n) is 5.06. The molecule has 9 heteroatoms. The van der Waals surface area contributed by atoms with Crippen molar-refractivity contribution < 1.29 is 19.2 Å². The summed E-state index contributed by atoms with van der Waals surface area (Å²) in [6.45, 7) is 8.49. The first-order chi connectivity index (χ1) is 13.5. The molecule has 28 heavy (non-hydrogen) atoms. The van der Waals surface area contributed by atoms with Crippen molar-refractivity contribution in [2.45, 2.75) is 33.2 Å². The summed E-state index contributed by atoms with van der Waals surface area (Å²) >= 11 is 5.33. The lowest BCUT2D eigenvalue weighted by Gasteiger charge is -2.15. The number of carbonyl (C=O) groups is 1. The Kier molecular flexibility index (Phi) is 6.69. The number of aromatic nitrogens is 2. The molecule has 1 aliphatic rings. The monoisotopic (exact) mass is 407 g/mol. The van der Waals surface area contributed by atoms with Crippen LogP contribution in [-0.4, -0.2) is 48.4 Å². The van der Waals surface area contributed by atoms with Crippen LogP contribution < -0.4 is 25.2 Å². The molecule has 2 aromatic rings. The van der Waals surface area contributed by atoms with Crippen LogP contribution in [0.15, 0.2) is 16.9 Å². The molecule has 0 atom stereocenters. The van der Waals surface area contributed by atoms with E-state index in [0.717, 1.165) is 19.6 Å². The molecule has 0 saturated carbocycles. The van der Waals surface area contributed by atoms with Gasteiger partial charge in [-0.25, -0.2) is 0 Å².